The minimum Gasteiger partial charge on any atom is -0.480 e. The van der Waals surface area contributed by atoms with Crippen molar-refractivity contribution in [2.45, 2.75) is 102 Å². The van der Waals surface area contributed by atoms with E-state index in [0.717, 1.165) is 19.3 Å². The van der Waals surface area contributed by atoms with E-state index >= 15 is 0 Å². The van der Waals surface area contributed by atoms with Crippen LogP contribution >= 0.6 is 7.26 Å². The van der Waals surface area contributed by atoms with Gasteiger partial charge in [0.15, 0.2) is 5.85 Å². The summed E-state index contributed by atoms with van der Waals surface area (Å²) in [5.41, 5.74) is 10.4. The van der Waals surface area contributed by atoms with E-state index in [0.29, 0.717) is 13.0 Å². The normalized spacial score (nSPS) is 13.6. The van der Waals surface area contributed by atoms with Gasteiger partial charge in [-0.3, -0.25) is 4.79 Å². The van der Waals surface area contributed by atoms with Crippen molar-refractivity contribution in [2.24, 2.45) is 11.5 Å². The first-order valence-electron chi connectivity index (χ1n) is 10.8. The highest BCUT2D eigenvalue weighted by molar-refractivity contribution is 7.74. The van der Waals surface area contributed by atoms with Gasteiger partial charge < -0.3 is 21.7 Å². The van der Waals surface area contributed by atoms with Gasteiger partial charge in [-0.15, -0.1) is 0 Å². The highest BCUT2D eigenvalue weighted by Crippen LogP contribution is 2.52. The van der Waals surface area contributed by atoms with E-state index in [1.807, 2.05) is 0 Å². The summed E-state index contributed by atoms with van der Waals surface area (Å²) in [5.74, 6) is -0.955. The zero-order valence-corrected chi connectivity index (χ0v) is 19.4. The standard InChI is InChI=1S/C15H34OP.C6H14N2O2/c1-5-6-7-8-9-10-11-12-13-14-15(16)17(2,3)4;7-4-2-1-3-5(8)6(9)10/h15-16H,5-14H2,1-4H3;5H,1-4,7-8H2,(H,9,10)/q+1;. The molecule has 0 saturated carbocycles. The Morgan fingerprint density at radius 3 is 1.70 bits per heavy atom. The fourth-order valence-corrected chi connectivity index (χ4v) is 3.61. The van der Waals surface area contributed by atoms with Gasteiger partial charge in [0.05, 0.1) is 20.0 Å². The highest BCUT2D eigenvalue weighted by Gasteiger charge is 2.27. The number of rotatable bonds is 16. The summed E-state index contributed by atoms with van der Waals surface area (Å²) >= 11 is 0. The quantitative estimate of drug-likeness (QED) is 0.220. The van der Waals surface area contributed by atoms with Crippen LogP contribution in [-0.2, 0) is 4.79 Å². The Morgan fingerprint density at radius 2 is 1.30 bits per heavy atom. The van der Waals surface area contributed by atoms with Gasteiger partial charge in [0.25, 0.3) is 0 Å². The summed E-state index contributed by atoms with van der Waals surface area (Å²) in [6, 6.07) is -0.716. The Balaban J connectivity index is 0. The summed E-state index contributed by atoms with van der Waals surface area (Å²) in [6.07, 6.45) is 15.5. The van der Waals surface area contributed by atoms with Crippen LogP contribution in [0, 0.1) is 0 Å². The number of aliphatic hydroxyl groups is 1. The lowest BCUT2D eigenvalue weighted by Gasteiger charge is -2.18. The number of aliphatic carboxylic acids is 1. The Hall–Kier alpha value is -0.220. The predicted octanol–water partition coefficient (Wildman–Crippen LogP) is 4.66. The van der Waals surface area contributed by atoms with Crippen LogP contribution in [0.2, 0.25) is 0 Å². The molecule has 6 heteroatoms. The lowest BCUT2D eigenvalue weighted by Crippen LogP contribution is -2.29. The molecule has 2 atom stereocenters. The van der Waals surface area contributed by atoms with E-state index in [-0.39, 0.29) is 5.85 Å². The number of carbonyl (C=O) groups is 1. The smallest absolute Gasteiger partial charge is 0.320 e. The lowest BCUT2D eigenvalue weighted by molar-refractivity contribution is -0.138. The average molecular weight is 408 g/mol. The van der Waals surface area contributed by atoms with E-state index < -0.39 is 19.3 Å². The third kappa shape index (κ3) is 21.9. The third-order valence-corrected chi connectivity index (χ3v) is 6.79. The molecule has 0 saturated heterocycles. The van der Waals surface area contributed by atoms with Crippen LogP contribution in [0.3, 0.4) is 0 Å². The molecule has 5 nitrogen and oxygen atoms in total. The molecule has 6 N–H and O–H groups in total. The number of aliphatic hydroxyl groups excluding tert-OH is 1. The minimum atomic E-state index is -1.03. The maximum absolute atomic E-state index is 10.1. The molecule has 0 heterocycles. The second kappa shape index (κ2) is 19.1. The van der Waals surface area contributed by atoms with Gasteiger partial charge in [-0.1, -0.05) is 64.7 Å². The molecule has 0 radical (unpaired) electrons. The molecule has 27 heavy (non-hydrogen) atoms. The fourth-order valence-electron chi connectivity index (χ4n) is 2.66. The molecule has 0 spiro atoms. The average Bonchev–Trinajstić information content (AvgIpc) is 2.60. The van der Waals surface area contributed by atoms with Crippen LogP contribution < -0.4 is 11.5 Å². The van der Waals surface area contributed by atoms with Crippen molar-refractivity contribution in [3.05, 3.63) is 0 Å². The molecule has 0 amide bonds. The summed E-state index contributed by atoms with van der Waals surface area (Å²) in [6.45, 7) is 9.55. The lowest BCUT2D eigenvalue weighted by atomic mass is 10.1. The Morgan fingerprint density at radius 1 is 0.852 bits per heavy atom. The maximum atomic E-state index is 10.1. The van der Waals surface area contributed by atoms with Gasteiger partial charge in [0, 0.05) is 13.7 Å². The van der Waals surface area contributed by atoms with Crippen LogP contribution in [0.5, 0.6) is 0 Å². The van der Waals surface area contributed by atoms with Gasteiger partial charge >= 0.3 is 5.97 Å². The van der Waals surface area contributed by atoms with Crippen molar-refractivity contribution in [1.82, 2.24) is 0 Å². The molecule has 0 rings (SSSR count). The van der Waals surface area contributed by atoms with E-state index in [9.17, 15) is 9.90 Å². The zero-order chi connectivity index (χ0) is 21.1. The van der Waals surface area contributed by atoms with E-state index in [1.165, 1.54) is 57.8 Å². The van der Waals surface area contributed by atoms with Gasteiger partial charge in [0.1, 0.15) is 6.04 Å². The molecule has 0 aromatic heterocycles. The number of nitrogens with two attached hydrogens (primary N) is 2. The van der Waals surface area contributed by atoms with Gasteiger partial charge in [-0.2, -0.15) is 0 Å². The van der Waals surface area contributed by atoms with Crippen molar-refractivity contribution in [2.75, 3.05) is 26.5 Å². The number of carboxylic acid groups (broad SMARTS) is 1. The van der Waals surface area contributed by atoms with E-state index in [2.05, 4.69) is 26.9 Å². The molecular formula is C21H48N2O3P+. The van der Waals surface area contributed by atoms with Crippen LogP contribution in [-0.4, -0.2) is 54.6 Å². The second-order valence-electron chi connectivity index (χ2n) is 8.44. The monoisotopic (exact) mass is 407 g/mol. The Bertz CT molecular complexity index is 336. The Labute approximate surface area is 169 Å². The zero-order valence-electron chi connectivity index (χ0n) is 18.5. The molecule has 2 unspecified atom stereocenters. The number of hydrogen-bond acceptors (Lipinski definition) is 4. The largest absolute Gasteiger partial charge is 0.480 e. The number of unbranched alkanes of at least 4 members (excludes halogenated alkanes) is 9. The molecule has 0 fully saturated rings. The molecule has 0 aliphatic carbocycles. The van der Waals surface area contributed by atoms with Crippen molar-refractivity contribution >= 4 is 13.2 Å². The highest BCUT2D eigenvalue weighted by atomic mass is 31.2. The van der Waals surface area contributed by atoms with Gasteiger partial charge in [-0.25, -0.2) is 0 Å². The van der Waals surface area contributed by atoms with Crippen LogP contribution in [0.1, 0.15) is 90.4 Å². The first kappa shape index (κ1) is 29.0. The SMILES string of the molecule is CCCCCCCCCCCC(O)[P+](C)(C)C.NCCCCC(N)C(=O)O. The van der Waals surface area contributed by atoms with E-state index in [4.69, 9.17) is 16.6 Å². The molecule has 0 aliphatic heterocycles. The molecular weight excluding hydrogens is 359 g/mol. The second-order valence-corrected chi connectivity index (χ2v) is 13.3. The molecule has 0 aromatic rings. The molecule has 0 aliphatic rings. The van der Waals surface area contributed by atoms with Crippen LogP contribution in [0.4, 0.5) is 0 Å². The third-order valence-electron chi connectivity index (χ3n) is 4.75. The van der Waals surface area contributed by atoms with Crippen LogP contribution in [0.25, 0.3) is 0 Å². The van der Waals surface area contributed by atoms with Crippen molar-refractivity contribution < 1.29 is 15.0 Å². The number of hydrogen-bond donors (Lipinski definition) is 4. The van der Waals surface area contributed by atoms with Gasteiger partial charge in [-0.05, 0) is 25.8 Å². The van der Waals surface area contributed by atoms with Crippen molar-refractivity contribution in [3.8, 4) is 0 Å². The molecule has 0 aromatic carbocycles. The fraction of sp³-hybridized carbons (Fsp3) is 0.952. The first-order chi connectivity index (χ1) is 12.7. The van der Waals surface area contributed by atoms with Gasteiger partial charge in [0.2, 0.25) is 0 Å². The van der Waals surface area contributed by atoms with E-state index in [1.54, 1.807) is 0 Å². The maximum Gasteiger partial charge on any atom is 0.320 e. The van der Waals surface area contributed by atoms with Crippen molar-refractivity contribution in [1.29, 1.82) is 0 Å². The summed E-state index contributed by atoms with van der Waals surface area (Å²) in [7, 11) is -1.03. The van der Waals surface area contributed by atoms with Crippen LogP contribution in [0.15, 0.2) is 0 Å². The molecule has 164 valence electrons. The summed E-state index contributed by atoms with van der Waals surface area (Å²) in [5, 5.41) is 18.3. The Kier molecular flexibility index (Phi) is 20.5. The number of carboxylic acids is 1. The summed E-state index contributed by atoms with van der Waals surface area (Å²) < 4.78 is 0. The predicted molar refractivity (Wildman–Crippen MR) is 121 cm³/mol. The molecule has 0 bridgehead atoms. The summed E-state index contributed by atoms with van der Waals surface area (Å²) in [4.78, 5) is 10.1. The topological polar surface area (TPSA) is 110 Å². The first-order valence-corrected chi connectivity index (χ1v) is 14.0. The minimum absolute atomic E-state index is 0.0212. The van der Waals surface area contributed by atoms with Crippen molar-refractivity contribution in [3.63, 3.8) is 0 Å².